The molecule has 2 rings (SSSR count). The van der Waals surface area contributed by atoms with Gasteiger partial charge in [-0.15, -0.1) is 0 Å². The minimum Gasteiger partial charge on any atom is -0.455 e. The van der Waals surface area contributed by atoms with E-state index in [4.69, 9.17) is 10.00 Å². The molecule has 0 spiro atoms. The van der Waals surface area contributed by atoms with E-state index in [-0.39, 0.29) is 22.4 Å². The van der Waals surface area contributed by atoms with Crippen LogP contribution in [0.15, 0.2) is 36.4 Å². The smallest absolute Gasteiger partial charge is 0.148 e. The van der Waals surface area contributed by atoms with Crippen LogP contribution in [0.1, 0.15) is 11.1 Å². The van der Waals surface area contributed by atoms with Gasteiger partial charge in [0.25, 0.3) is 0 Å². The summed E-state index contributed by atoms with van der Waals surface area (Å²) in [7, 11) is 0. The molecule has 0 saturated heterocycles. The van der Waals surface area contributed by atoms with E-state index in [2.05, 4.69) is 15.9 Å². The zero-order valence-electron chi connectivity index (χ0n) is 9.66. The van der Waals surface area contributed by atoms with Gasteiger partial charge >= 0.3 is 0 Å². The fourth-order valence-corrected chi connectivity index (χ4v) is 2.12. The zero-order valence-corrected chi connectivity index (χ0v) is 11.2. The summed E-state index contributed by atoms with van der Waals surface area (Å²) in [5.41, 5.74) is 0.114. The molecule has 2 nitrogen and oxygen atoms in total. The predicted octanol–water partition coefficient (Wildman–Crippen LogP) is 4.52. The van der Waals surface area contributed by atoms with Gasteiger partial charge in [0.05, 0.1) is 0 Å². The summed E-state index contributed by atoms with van der Waals surface area (Å²) in [5, 5.41) is 9.16. The van der Waals surface area contributed by atoms with Crippen molar-refractivity contribution in [2.45, 2.75) is 5.33 Å². The molecular formula is C14H8BrF2NO. The van der Waals surface area contributed by atoms with E-state index in [0.29, 0.717) is 5.56 Å². The maximum absolute atomic E-state index is 13.6. The van der Waals surface area contributed by atoms with Crippen LogP contribution < -0.4 is 4.74 Å². The Morgan fingerprint density at radius 2 is 1.68 bits per heavy atom. The van der Waals surface area contributed by atoms with Crippen LogP contribution in [0.25, 0.3) is 0 Å². The fourth-order valence-electron chi connectivity index (χ4n) is 1.58. The second kappa shape index (κ2) is 5.81. The third-order valence-corrected chi connectivity index (χ3v) is 3.08. The summed E-state index contributed by atoms with van der Waals surface area (Å²) in [6.07, 6.45) is 0. The number of nitrogens with zero attached hydrogens (tertiary/aromatic N) is 1. The van der Waals surface area contributed by atoms with Gasteiger partial charge in [0, 0.05) is 10.9 Å². The predicted molar refractivity (Wildman–Crippen MR) is 70.2 cm³/mol. The van der Waals surface area contributed by atoms with E-state index < -0.39 is 11.6 Å². The number of rotatable bonds is 3. The highest BCUT2D eigenvalue weighted by Crippen LogP contribution is 2.31. The summed E-state index contributed by atoms with van der Waals surface area (Å²) in [6.45, 7) is 0. The molecule has 0 fully saturated rings. The largest absolute Gasteiger partial charge is 0.455 e. The standard InChI is InChI=1S/C14H8BrF2NO/c15-7-9-11(16)3-1-5-13(9)19-14-6-2-4-12(17)10(14)8-18/h1-6H,7H2. The molecule has 19 heavy (non-hydrogen) atoms. The van der Waals surface area contributed by atoms with Crippen LogP contribution in [0, 0.1) is 23.0 Å². The Balaban J connectivity index is 2.46. The van der Waals surface area contributed by atoms with Gasteiger partial charge in [-0.05, 0) is 24.3 Å². The first-order valence-corrected chi connectivity index (χ1v) is 6.49. The van der Waals surface area contributed by atoms with Crippen molar-refractivity contribution in [1.29, 1.82) is 5.26 Å². The van der Waals surface area contributed by atoms with Crippen LogP contribution in [0.3, 0.4) is 0 Å². The molecule has 2 aromatic carbocycles. The molecule has 0 radical (unpaired) electrons. The molecule has 0 heterocycles. The second-order valence-electron chi connectivity index (χ2n) is 3.68. The van der Waals surface area contributed by atoms with Crippen molar-refractivity contribution in [3.05, 3.63) is 59.2 Å². The maximum atomic E-state index is 13.6. The Hall–Kier alpha value is -1.93. The summed E-state index contributed by atoms with van der Waals surface area (Å²) < 4.78 is 32.4. The highest BCUT2D eigenvalue weighted by molar-refractivity contribution is 9.08. The van der Waals surface area contributed by atoms with Crippen molar-refractivity contribution in [2.75, 3.05) is 0 Å². The van der Waals surface area contributed by atoms with Crippen LogP contribution in [-0.2, 0) is 5.33 Å². The molecule has 0 unspecified atom stereocenters. The molecule has 0 aromatic heterocycles. The summed E-state index contributed by atoms with van der Waals surface area (Å²) >= 11 is 3.16. The molecule has 0 bridgehead atoms. The average molecular weight is 324 g/mol. The Bertz CT molecular complexity index is 652. The van der Waals surface area contributed by atoms with Crippen LogP contribution in [0.2, 0.25) is 0 Å². The van der Waals surface area contributed by atoms with Gasteiger partial charge in [-0.3, -0.25) is 0 Å². The quantitative estimate of drug-likeness (QED) is 0.778. The Kier molecular flexibility index (Phi) is 4.13. The normalized spacial score (nSPS) is 10.0. The molecule has 0 N–H and O–H groups in total. The third-order valence-electron chi connectivity index (χ3n) is 2.52. The van der Waals surface area contributed by atoms with Gasteiger partial charge < -0.3 is 4.74 Å². The molecule has 0 amide bonds. The van der Waals surface area contributed by atoms with Crippen molar-refractivity contribution in [3.63, 3.8) is 0 Å². The van der Waals surface area contributed by atoms with Gasteiger partial charge in [0.2, 0.25) is 0 Å². The lowest BCUT2D eigenvalue weighted by atomic mass is 10.2. The lowest BCUT2D eigenvalue weighted by Gasteiger charge is -2.11. The van der Waals surface area contributed by atoms with Crippen molar-refractivity contribution < 1.29 is 13.5 Å². The number of ether oxygens (including phenoxy) is 1. The Morgan fingerprint density at radius 3 is 2.32 bits per heavy atom. The van der Waals surface area contributed by atoms with Crippen molar-refractivity contribution >= 4 is 15.9 Å². The summed E-state index contributed by atoms with van der Waals surface area (Å²) in [4.78, 5) is 0. The SMILES string of the molecule is N#Cc1c(F)cccc1Oc1cccc(F)c1CBr. The minimum atomic E-state index is -0.670. The topological polar surface area (TPSA) is 33.0 Å². The highest BCUT2D eigenvalue weighted by Gasteiger charge is 2.13. The van der Waals surface area contributed by atoms with E-state index >= 15 is 0 Å². The Labute approximate surface area is 117 Å². The number of hydrogen-bond acceptors (Lipinski definition) is 2. The third kappa shape index (κ3) is 2.74. The van der Waals surface area contributed by atoms with E-state index in [1.807, 2.05) is 0 Å². The Morgan fingerprint density at radius 1 is 1.05 bits per heavy atom. The number of alkyl halides is 1. The van der Waals surface area contributed by atoms with Crippen LogP contribution >= 0.6 is 15.9 Å². The second-order valence-corrected chi connectivity index (χ2v) is 4.24. The number of halogens is 3. The van der Waals surface area contributed by atoms with Gasteiger partial charge in [-0.25, -0.2) is 8.78 Å². The first-order valence-electron chi connectivity index (χ1n) is 5.37. The molecule has 5 heteroatoms. The summed E-state index contributed by atoms with van der Waals surface area (Å²) in [5.74, 6) is -0.782. The van der Waals surface area contributed by atoms with E-state index in [1.54, 1.807) is 12.1 Å². The van der Waals surface area contributed by atoms with Gasteiger partial charge in [-0.2, -0.15) is 5.26 Å². The molecular weight excluding hydrogens is 316 g/mol. The fraction of sp³-hybridized carbons (Fsp3) is 0.0714. The van der Waals surface area contributed by atoms with E-state index in [9.17, 15) is 8.78 Å². The maximum Gasteiger partial charge on any atom is 0.148 e. The van der Waals surface area contributed by atoms with Crippen LogP contribution in [0.4, 0.5) is 8.78 Å². The van der Waals surface area contributed by atoms with Crippen molar-refractivity contribution in [2.24, 2.45) is 0 Å². The highest BCUT2D eigenvalue weighted by atomic mass is 79.9. The minimum absolute atomic E-state index is 0.0651. The summed E-state index contributed by atoms with van der Waals surface area (Å²) in [6, 6.07) is 10.1. The average Bonchev–Trinajstić information content (AvgIpc) is 2.39. The zero-order chi connectivity index (χ0) is 13.8. The molecule has 0 aliphatic heterocycles. The monoisotopic (exact) mass is 323 g/mol. The van der Waals surface area contributed by atoms with E-state index in [0.717, 1.165) is 0 Å². The lowest BCUT2D eigenvalue weighted by Crippen LogP contribution is -1.96. The van der Waals surface area contributed by atoms with Gasteiger partial charge in [0.1, 0.15) is 34.8 Å². The van der Waals surface area contributed by atoms with Crippen molar-refractivity contribution in [3.8, 4) is 17.6 Å². The number of nitriles is 1. The molecule has 0 atom stereocenters. The molecule has 96 valence electrons. The molecule has 2 aromatic rings. The number of benzene rings is 2. The van der Waals surface area contributed by atoms with Crippen molar-refractivity contribution in [1.82, 2.24) is 0 Å². The molecule has 0 saturated carbocycles. The van der Waals surface area contributed by atoms with E-state index in [1.165, 1.54) is 30.3 Å². The van der Waals surface area contributed by atoms with Gasteiger partial charge in [-0.1, -0.05) is 28.1 Å². The molecule has 0 aliphatic rings. The van der Waals surface area contributed by atoms with Crippen LogP contribution in [0.5, 0.6) is 11.5 Å². The first-order chi connectivity index (χ1) is 9.17. The van der Waals surface area contributed by atoms with Gasteiger partial charge in [0.15, 0.2) is 0 Å². The first kappa shape index (κ1) is 13.5. The molecule has 0 aliphatic carbocycles. The van der Waals surface area contributed by atoms with Crippen LogP contribution in [-0.4, -0.2) is 0 Å². The lowest BCUT2D eigenvalue weighted by molar-refractivity contribution is 0.463. The number of hydrogen-bond donors (Lipinski definition) is 0.